The van der Waals surface area contributed by atoms with E-state index in [1.54, 1.807) is 14.2 Å². The molecule has 2 rings (SSSR count). The average molecular weight is 276 g/mol. The first-order valence-corrected chi connectivity index (χ1v) is 6.60. The Balaban J connectivity index is 1.84. The van der Waals surface area contributed by atoms with Crippen molar-refractivity contribution < 1.29 is 14.3 Å². The van der Waals surface area contributed by atoms with E-state index in [9.17, 15) is 4.79 Å². The van der Waals surface area contributed by atoms with Gasteiger partial charge in [0.05, 0.1) is 6.54 Å². The molecule has 5 nitrogen and oxygen atoms in total. The first kappa shape index (κ1) is 14.6. The van der Waals surface area contributed by atoms with Gasteiger partial charge in [-0.05, 0) is 17.5 Å². The smallest absolute Gasteiger partial charge is 0.221 e. The molecule has 1 amide bonds. The zero-order valence-electron chi connectivity index (χ0n) is 11.8. The number of aryl methyl sites for hydroxylation is 1. The summed E-state index contributed by atoms with van der Waals surface area (Å²) in [6.45, 7) is 1.02. The minimum atomic E-state index is -0.397. The third kappa shape index (κ3) is 3.59. The lowest BCUT2D eigenvalue weighted by atomic mass is 10.2. The fourth-order valence-electron chi connectivity index (χ4n) is 2.11. The van der Waals surface area contributed by atoms with E-state index in [1.807, 2.05) is 18.3 Å². The van der Waals surface area contributed by atoms with Gasteiger partial charge in [0.2, 0.25) is 5.91 Å². The van der Waals surface area contributed by atoms with Crippen LogP contribution in [0.15, 0.2) is 36.5 Å². The van der Waals surface area contributed by atoms with Crippen molar-refractivity contribution in [1.29, 1.82) is 0 Å². The van der Waals surface area contributed by atoms with Gasteiger partial charge in [-0.1, -0.05) is 18.2 Å². The molecule has 0 fully saturated rings. The molecule has 2 aromatic rings. The molecule has 1 aromatic heterocycles. The number of carbonyl (C=O) groups excluding carboxylic acids is 1. The summed E-state index contributed by atoms with van der Waals surface area (Å²) in [6.07, 6.45) is 2.04. The average Bonchev–Trinajstić information content (AvgIpc) is 2.89. The lowest BCUT2D eigenvalue weighted by Gasteiger charge is -2.14. The van der Waals surface area contributed by atoms with Gasteiger partial charge in [0, 0.05) is 38.9 Å². The fraction of sp³-hybridized carbons (Fsp3) is 0.400. The largest absolute Gasteiger partial charge is 0.354 e. The number of carbonyl (C=O) groups is 1. The Morgan fingerprint density at radius 2 is 2.00 bits per heavy atom. The van der Waals surface area contributed by atoms with Gasteiger partial charge >= 0.3 is 0 Å². The van der Waals surface area contributed by atoms with E-state index in [-0.39, 0.29) is 5.91 Å². The Morgan fingerprint density at radius 1 is 1.25 bits per heavy atom. The van der Waals surface area contributed by atoms with E-state index in [2.05, 4.69) is 28.1 Å². The van der Waals surface area contributed by atoms with Crippen LogP contribution in [0.1, 0.15) is 6.42 Å². The van der Waals surface area contributed by atoms with Crippen molar-refractivity contribution in [1.82, 2.24) is 9.88 Å². The second-order valence-electron chi connectivity index (χ2n) is 4.52. The maximum absolute atomic E-state index is 11.8. The maximum atomic E-state index is 11.8. The number of fused-ring (bicyclic) bond motifs is 1. The number of benzene rings is 1. The monoisotopic (exact) mass is 276 g/mol. The highest BCUT2D eigenvalue weighted by Gasteiger charge is 2.08. The Morgan fingerprint density at radius 3 is 2.75 bits per heavy atom. The van der Waals surface area contributed by atoms with Gasteiger partial charge in [0.1, 0.15) is 0 Å². The molecular weight excluding hydrogens is 256 g/mol. The van der Waals surface area contributed by atoms with Crippen molar-refractivity contribution in [3.8, 4) is 0 Å². The summed E-state index contributed by atoms with van der Waals surface area (Å²) in [7, 11) is 3.10. The number of nitrogens with zero attached hydrogens (tertiary/aromatic N) is 1. The van der Waals surface area contributed by atoms with Crippen molar-refractivity contribution in [2.45, 2.75) is 19.3 Å². The summed E-state index contributed by atoms with van der Waals surface area (Å²) in [5, 5.41) is 3.98. The first-order valence-electron chi connectivity index (χ1n) is 6.60. The van der Waals surface area contributed by atoms with Gasteiger partial charge < -0.3 is 19.4 Å². The van der Waals surface area contributed by atoms with Crippen LogP contribution in [-0.4, -0.2) is 37.5 Å². The van der Waals surface area contributed by atoms with E-state index in [0.29, 0.717) is 19.5 Å². The summed E-state index contributed by atoms with van der Waals surface area (Å²) >= 11 is 0. The van der Waals surface area contributed by atoms with E-state index < -0.39 is 6.29 Å². The standard InChI is InChI=1S/C15H20N2O3/c1-19-15(20-2)11-16-14(18)8-10-17-9-7-12-5-3-4-6-13(12)17/h3-7,9,15H,8,10-11H2,1-2H3,(H,16,18). The molecular formula is C15H20N2O3. The maximum Gasteiger partial charge on any atom is 0.221 e. The summed E-state index contributed by atoms with van der Waals surface area (Å²) in [5.41, 5.74) is 1.15. The molecule has 20 heavy (non-hydrogen) atoms. The quantitative estimate of drug-likeness (QED) is 0.784. The Labute approximate surface area is 118 Å². The van der Waals surface area contributed by atoms with Gasteiger partial charge in [-0.3, -0.25) is 4.79 Å². The van der Waals surface area contributed by atoms with Crippen LogP contribution in [0.4, 0.5) is 0 Å². The highest BCUT2D eigenvalue weighted by atomic mass is 16.7. The number of ether oxygens (including phenoxy) is 2. The van der Waals surface area contributed by atoms with Crippen molar-refractivity contribution in [3.05, 3.63) is 36.5 Å². The van der Waals surface area contributed by atoms with E-state index in [1.165, 1.54) is 5.39 Å². The highest BCUT2D eigenvalue weighted by molar-refractivity contribution is 5.80. The van der Waals surface area contributed by atoms with Gasteiger partial charge in [-0.15, -0.1) is 0 Å². The highest BCUT2D eigenvalue weighted by Crippen LogP contribution is 2.15. The predicted octanol–water partition coefficient (Wildman–Crippen LogP) is 1.77. The zero-order chi connectivity index (χ0) is 14.4. The molecule has 1 N–H and O–H groups in total. The van der Waals surface area contributed by atoms with Crippen molar-refractivity contribution in [2.24, 2.45) is 0 Å². The zero-order valence-corrected chi connectivity index (χ0v) is 11.8. The van der Waals surface area contributed by atoms with E-state index >= 15 is 0 Å². The van der Waals surface area contributed by atoms with Crippen molar-refractivity contribution >= 4 is 16.8 Å². The van der Waals surface area contributed by atoms with Gasteiger partial charge in [-0.25, -0.2) is 0 Å². The number of rotatable bonds is 7. The molecule has 0 aliphatic rings. The molecule has 0 saturated carbocycles. The van der Waals surface area contributed by atoms with E-state index in [0.717, 1.165) is 5.52 Å². The van der Waals surface area contributed by atoms with Crippen LogP contribution in [-0.2, 0) is 20.8 Å². The number of aromatic nitrogens is 1. The molecule has 1 aromatic carbocycles. The number of amides is 1. The van der Waals surface area contributed by atoms with Crippen molar-refractivity contribution in [3.63, 3.8) is 0 Å². The summed E-state index contributed by atoms with van der Waals surface area (Å²) < 4.78 is 12.1. The fourth-order valence-corrected chi connectivity index (χ4v) is 2.11. The molecule has 0 bridgehead atoms. The minimum Gasteiger partial charge on any atom is -0.354 e. The second-order valence-corrected chi connectivity index (χ2v) is 4.52. The molecule has 108 valence electrons. The van der Waals surface area contributed by atoms with Crippen LogP contribution < -0.4 is 5.32 Å². The lowest BCUT2D eigenvalue weighted by Crippen LogP contribution is -2.34. The summed E-state index contributed by atoms with van der Waals surface area (Å²) in [5.74, 6) is -0.0121. The SMILES string of the molecule is COC(CNC(=O)CCn1ccc2ccccc21)OC. The third-order valence-corrected chi connectivity index (χ3v) is 3.25. The molecule has 0 radical (unpaired) electrons. The van der Waals surface area contributed by atoms with Gasteiger partial charge in [0.25, 0.3) is 0 Å². The Bertz CT molecular complexity index is 561. The first-order chi connectivity index (χ1) is 9.74. The summed E-state index contributed by atoms with van der Waals surface area (Å²) in [6, 6.07) is 10.2. The Kier molecular flexibility index (Phi) is 5.15. The molecule has 0 spiro atoms. The molecule has 0 atom stereocenters. The lowest BCUT2D eigenvalue weighted by molar-refractivity contribution is -0.127. The van der Waals surface area contributed by atoms with Crippen LogP contribution in [0.2, 0.25) is 0 Å². The molecule has 1 heterocycles. The van der Waals surface area contributed by atoms with Gasteiger partial charge in [0.15, 0.2) is 6.29 Å². The van der Waals surface area contributed by atoms with E-state index in [4.69, 9.17) is 9.47 Å². The predicted molar refractivity (Wildman–Crippen MR) is 77.4 cm³/mol. The van der Waals surface area contributed by atoms with Crippen LogP contribution in [0.5, 0.6) is 0 Å². The Hall–Kier alpha value is -1.85. The molecule has 0 unspecified atom stereocenters. The summed E-state index contributed by atoms with van der Waals surface area (Å²) in [4.78, 5) is 11.8. The number of hydrogen-bond acceptors (Lipinski definition) is 3. The van der Waals surface area contributed by atoms with Crippen LogP contribution in [0, 0.1) is 0 Å². The van der Waals surface area contributed by atoms with Crippen molar-refractivity contribution in [2.75, 3.05) is 20.8 Å². The molecule has 0 aliphatic carbocycles. The van der Waals surface area contributed by atoms with Crippen LogP contribution in [0.3, 0.4) is 0 Å². The number of methoxy groups -OCH3 is 2. The molecule has 5 heteroatoms. The number of hydrogen-bond donors (Lipinski definition) is 1. The van der Waals surface area contributed by atoms with Crippen LogP contribution in [0.25, 0.3) is 10.9 Å². The second kappa shape index (κ2) is 7.07. The normalized spacial score (nSPS) is 11.2. The molecule has 0 saturated heterocycles. The molecule has 0 aliphatic heterocycles. The third-order valence-electron chi connectivity index (χ3n) is 3.25. The minimum absolute atomic E-state index is 0.0121. The number of para-hydroxylation sites is 1. The topological polar surface area (TPSA) is 52.5 Å². The van der Waals surface area contributed by atoms with Crippen LogP contribution >= 0.6 is 0 Å². The number of nitrogens with one attached hydrogen (secondary N) is 1. The van der Waals surface area contributed by atoms with Gasteiger partial charge in [-0.2, -0.15) is 0 Å².